The lowest BCUT2D eigenvalue weighted by Gasteiger charge is -2.36. The van der Waals surface area contributed by atoms with Crippen LogP contribution in [0.25, 0.3) is 5.69 Å². The third-order valence-corrected chi connectivity index (χ3v) is 7.37. The largest absolute Gasteiger partial charge is 0.497 e. The van der Waals surface area contributed by atoms with Gasteiger partial charge in [-0.25, -0.2) is 4.68 Å². The normalized spacial score (nSPS) is 17.3. The number of amides is 1. The van der Waals surface area contributed by atoms with Crippen molar-refractivity contribution in [3.63, 3.8) is 0 Å². The highest BCUT2D eigenvalue weighted by atomic mass is 16.5. The maximum atomic E-state index is 13.7. The van der Waals surface area contributed by atoms with Gasteiger partial charge >= 0.3 is 0 Å². The SMILES string of the molecule is COc1cc(OC)cc(N2CCN(C(=O)c3cc(C(O)C4CCCC4)nn3-c3ccccc3)CC2)c1. The highest BCUT2D eigenvalue weighted by Gasteiger charge is 2.31. The summed E-state index contributed by atoms with van der Waals surface area (Å²) in [5.74, 6) is 1.61. The fourth-order valence-electron chi connectivity index (χ4n) is 5.28. The molecule has 1 aliphatic heterocycles. The second-order valence-electron chi connectivity index (χ2n) is 9.54. The van der Waals surface area contributed by atoms with Crippen molar-refractivity contribution in [2.45, 2.75) is 31.8 Å². The fraction of sp³-hybridized carbons (Fsp3) is 0.429. The molecule has 1 saturated carbocycles. The molecule has 2 aliphatic rings. The number of aliphatic hydroxyl groups is 1. The summed E-state index contributed by atoms with van der Waals surface area (Å²) in [5, 5.41) is 15.7. The van der Waals surface area contributed by atoms with Gasteiger partial charge < -0.3 is 24.4 Å². The van der Waals surface area contributed by atoms with Crippen molar-refractivity contribution in [1.82, 2.24) is 14.7 Å². The molecule has 1 aliphatic carbocycles. The molecule has 1 saturated heterocycles. The summed E-state index contributed by atoms with van der Waals surface area (Å²) < 4.78 is 12.5. The number of ether oxygens (including phenoxy) is 2. The van der Waals surface area contributed by atoms with Crippen LogP contribution in [0, 0.1) is 5.92 Å². The lowest BCUT2D eigenvalue weighted by molar-refractivity contribution is 0.0737. The lowest BCUT2D eigenvalue weighted by Crippen LogP contribution is -2.49. The average molecular weight is 491 g/mol. The minimum atomic E-state index is -0.649. The molecule has 1 amide bonds. The summed E-state index contributed by atoms with van der Waals surface area (Å²) in [5.41, 5.74) is 2.89. The van der Waals surface area contributed by atoms with Crippen LogP contribution in [0.15, 0.2) is 54.6 Å². The predicted octanol–water partition coefficient (Wildman–Crippen LogP) is 4.08. The smallest absolute Gasteiger partial charge is 0.272 e. The summed E-state index contributed by atoms with van der Waals surface area (Å²) in [6.45, 7) is 2.55. The second-order valence-corrected chi connectivity index (χ2v) is 9.54. The van der Waals surface area contributed by atoms with Crippen LogP contribution >= 0.6 is 0 Å². The fourth-order valence-corrected chi connectivity index (χ4v) is 5.28. The number of hydrogen-bond donors (Lipinski definition) is 1. The molecule has 8 nitrogen and oxygen atoms in total. The van der Waals surface area contributed by atoms with Crippen LogP contribution in [-0.2, 0) is 0 Å². The third kappa shape index (κ3) is 4.91. The van der Waals surface area contributed by atoms with Crippen LogP contribution in [0.3, 0.4) is 0 Å². The number of benzene rings is 2. The van der Waals surface area contributed by atoms with E-state index in [2.05, 4.69) is 4.90 Å². The van der Waals surface area contributed by atoms with Crippen molar-refractivity contribution in [2.24, 2.45) is 5.92 Å². The Kier molecular flexibility index (Phi) is 7.13. The van der Waals surface area contributed by atoms with E-state index in [0.29, 0.717) is 37.6 Å². The number of carbonyl (C=O) groups excluding carboxylic acids is 1. The van der Waals surface area contributed by atoms with E-state index >= 15 is 0 Å². The standard InChI is InChI=1S/C28H34N4O4/c1-35-23-16-22(17-24(18-23)36-2)30-12-14-31(15-13-30)28(34)26-19-25(27(33)20-8-6-7-9-20)29-32(26)21-10-4-3-5-11-21/h3-5,10-11,16-20,27,33H,6-9,12-15H2,1-2H3. The molecule has 1 atom stereocenters. The molecule has 2 fully saturated rings. The number of aliphatic hydroxyl groups excluding tert-OH is 1. The van der Waals surface area contributed by atoms with Gasteiger partial charge in [-0.05, 0) is 37.0 Å². The summed E-state index contributed by atoms with van der Waals surface area (Å²) in [6.07, 6.45) is 3.62. The Hall–Kier alpha value is -3.52. The van der Waals surface area contributed by atoms with Crippen molar-refractivity contribution in [3.05, 3.63) is 66.0 Å². The van der Waals surface area contributed by atoms with E-state index in [0.717, 1.165) is 48.6 Å². The first-order valence-electron chi connectivity index (χ1n) is 12.7. The van der Waals surface area contributed by atoms with Crippen molar-refractivity contribution in [2.75, 3.05) is 45.3 Å². The van der Waals surface area contributed by atoms with Gasteiger partial charge in [0.2, 0.25) is 0 Å². The van der Waals surface area contributed by atoms with Gasteiger partial charge in [-0.1, -0.05) is 31.0 Å². The first-order chi connectivity index (χ1) is 17.6. The molecule has 5 rings (SSSR count). The Bertz CT molecular complexity index is 1160. The van der Waals surface area contributed by atoms with E-state index in [1.807, 2.05) is 53.4 Å². The molecule has 0 radical (unpaired) electrons. The molecule has 190 valence electrons. The first-order valence-corrected chi connectivity index (χ1v) is 12.7. The van der Waals surface area contributed by atoms with E-state index < -0.39 is 6.10 Å². The Balaban J connectivity index is 1.36. The predicted molar refractivity (Wildman–Crippen MR) is 138 cm³/mol. The maximum absolute atomic E-state index is 13.7. The summed E-state index contributed by atoms with van der Waals surface area (Å²) >= 11 is 0. The number of piperazine rings is 1. The monoisotopic (exact) mass is 490 g/mol. The Morgan fingerprint density at radius 1 is 0.917 bits per heavy atom. The number of nitrogens with zero attached hydrogens (tertiary/aromatic N) is 4. The van der Waals surface area contributed by atoms with E-state index in [-0.39, 0.29) is 11.8 Å². The molecule has 1 N–H and O–H groups in total. The van der Waals surface area contributed by atoms with E-state index in [4.69, 9.17) is 14.6 Å². The minimum Gasteiger partial charge on any atom is -0.497 e. The van der Waals surface area contributed by atoms with Crippen LogP contribution < -0.4 is 14.4 Å². The molecule has 3 aromatic rings. The molecule has 1 unspecified atom stereocenters. The third-order valence-electron chi connectivity index (χ3n) is 7.37. The number of anilines is 1. The minimum absolute atomic E-state index is 0.0703. The summed E-state index contributed by atoms with van der Waals surface area (Å²) in [4.78, 5) is 17.8. The summed E-state index contributed by atoms with van der Waals surface area (Å²) in [7, 11) is 3.28. The van der Waals surface area contributed by atoms with Crippen molar-refractivity contribution in [3.8, 4) is 17.2 Å². The zero-order valence-electron chi connectivity index (χ0n) is 21.0. The number of hydrogen-bond acceptors (Lipinski definition) is 6. The molecular weight excluding hydrogens is 456 g/mol. The Labute approximate surface area is 212 Å². The quantitative estimate of drug-likeness (QED) is 0.538. The first kappa shape index (κ1) is 24.2. The second kappa shape index (κ2) is 10.6. The van der Waals surface area contributed by atoms with Crippen LogP contribution in [0.1, 0.15) is 48.0 Å². The zero-order valence-corrected chi connectivity index (χ0v) is 21.0. The number of carbonyl (C=O) groups is 1. The van der Waals surface area contributed by atoms with Crippen LogP contribution in [0.4, 0.5) is 5.69 Å². The molecule has 8 heteroatoms. The molecule has 0 spiro atoms. The Morgan fingerprint density at radius 2 is 1.56 bits per heavy atom. The van der Waals surface area contributed by atoms with Gasteiger partial charge in [-0.15, -0.1) is 0 Å². The van der Waals surface area contributed by atoms with Crippen molar-refractivity contribution >= 4 is 11.6 Å². The molecule has 36 heavy (non-hydrogen) atoms. The number of methoxy groups -OCH3 is 2. The topological polar surface area (TPSA) is 80.1 Å². The van der Waals surface area contributed by atoms with Gasteiger partial charge in [0.25, 0.3) is 5.91 Å². The van der Waals surface area contributed by atoms with E-state index in [1.165, 1.54) is 0 Å². The average Bonchev–Trinajstić information content (AvgIpc) is 3.64. The van der Waals surface area contributed by atoms with Gasteiger partial charge in [0.05, 0.1) is 25.6 Å². The van der Waals surface area contributed by atoms with E-state index in [1.54, 1.807) is 25.0 Å². The van der Waals surface area contributed by atoms with Crippen LogP contribution in [0.5, 0.6) is 11.5 Å². The van der Waals surface area contributed by atoms with Crippen molar-refractivity contribution < 1.29 is 19.4 Å². The molecular formula is C28H34N4O4. The Morgan fingerprint density at radius 3 is 2.17 bits per heavy atom. The van der Waals surface area contributed by atoms with E-state index in [9.17, 15) is 9.90 Å². The van der Waals surface area contributed by atoms with Crippen LogP contribution in [-0.4, -0.2) is 66.1 Å². The van der Waals surface area contributed by atoms with Gasteiger partial charge in [-0.2, -0.15) is 5.10 Å². The van der Waals surface area contributed by atoms with Crippen molar-refractivity contribution in [1.29, 1.82) is 0 Å². The highest BCUT2D eigenvalue weighted by Crippen LogP contribution is 2.36. The lowest BCUT2D eigenvalue weighted by atomic mass is 9.98. The van der Waals surface area contributed by atoms with Crippen LogP contribution in [0.2, 0.25) is 0 Å². The van der Waals surface area contributed by atoms with Gasteiger partial charge in [0, 0.05) is 50.1 Å². The number of para-hydroxylation sites is 1. The maximum Gasteiger partial charge on any atom is 0.272 e. The number of rotatable bonds is 7. The molecule has 2 heterocycles. The zero-order chi connectivity index (χ0) is 25.1. The molecule has 0 bridgehead atoms. The van der Waals surface area contributed by atoms with Gasteiger partial charge in [0.1, 0.15) is 23.3 Å². The molecule has 1 aromatic heterocycles. The summed E-state index contributed by atoms with van der Waals surface area (Å²) in [6, 6.07) is 17.3. The highest BCUT2D eigenvalue weighted by molar-refractivity contribution is 5.93. The van der Waals surface area contributed by atoms with Gasteiger partial charge in [-0.3, -0.25) is 4.79 Å². The molecule has 2 aromatic carbocycles. The number of aromatic nitrogens is 2. The van der Waals surface area contributed by atoms with Gasteiger partial charge in [0.15, 0.2) is 0 Å².